The predicted molar refractivity (Wildman–Crippen MR) is 105 cm³/mol. The van der Waals surface area contributed by atoms with Crippen LogP contribution in [0.1, 0.15) is 29.8 Å². The number of nitrogens with zero attached hydrogens (tertiary/aromatic N) is 1. The highest BCUT2D eigenvalue weighted by molar-refractivity contribution is 5.89. The first-order valence-electron chi connectivity index (χ1n) is 8.91. The number of aromatic amines is 1. The molecule has 10 nitrogen and oxygen atoms in total. The fraction of sp³-hybridized carbons (Fsp3) is 0.263. The van der Waals surface area contributed by atoms with Crippen molar-refractivity contribution in [3.63, 3.8) is 0 Å². The van der Waals surface area contributed by atoms with E-state index < -0.39 is 29.1 Å². The molecule has 1 aliphatic rings. The second kappa shape index (κ2) is 8.05. The maximum Gasteiger partial charge on any atom is 0.372 e. The molecule has 1 unspecified atom stereocenters. The highest BCUT2D eigenvalue weighted by Crippen LogP contribution is 2.30. The highest BCUT2D eigenvalue weighted by atomic mass is 16.5. The molecule has 0 bridgehead atoms. The molecule has 2 heterocycles. The van der Waals surface area contributed by atoms with Gasteiger partial charge in [-0.2, -0.15) is 0 Å². The summed E-state index contributed by atoms with van der Waals surface area (Å²) in [4.78, 5) is 49.3. The van der Waals surface area contributed by atoms with Gasteiger partial charge in [-0.15, -0.1) is 0 Å². The Morgan fingerprint density at radius 1 is 1.24 bits per heavy atom. The van der Waals surface area contributed by atoms with Crippen molar-refractivity contribution in [2.45, 2.75) is 26.4 Å². The number of aromatic nitrogens is 2. The van der Waals surface area contributed by atoms with E-state index in [1.807, 2.05) is 6.92 Å². The van der Waals surface area contributed by atoms with Crippen molar-refractivity contribution in [1.82, 2.24) is 14.9 Å². The van der Waals surface area contributed by atoms with E-state index >= 15 is 0 Å². The van der Waals surface area contributed by atoms with Gasteiger partial charge >= 0.3 is 17.7 Å². The van der Waals surface area contributed by atoms with Crippen LogP contribution in [0, 0.1) is 6.92 Å². The normalized spacial score (nSPS) is 15.0. The number of carboxylic acids is 1. The zero-order chi connectivity index (χ0) is 21.1. The maximum atomic E-state index is 12.2. The number of carbonyl (C=O) groups is 2. The summed E-state index contributed by atoms with van der Waals surface area (Å²) >= 11 is 0. The van der Waals surface area contributed by atoms with Gasteiger partial charge in [0.25, 0.3) is 5.56 Å². The van der Waals surface area contributed by atoms with Crippen LogP contribution in [0.4, 0.5) is 10.5 Å². The van der Waals surface area contributed by atoms with Gasteiger partial charge in [0.05, 0.1) is 11.9 Å². The number of H-pyrrole nitrogens is 1. The number of ether oxygens (including phenoxy) is 1. The van der Waals surface area contributed by atoms with Gasteiger partial charge in [-0.05, 0) is 31.5 Å². The van der Waals surface area contributed by atoms with Crippen LogP contribution < -0.4 is 21.9 Å². The summed E-state index contributed by atoms with van der Waals surface area (Å²) in [6, 6.07) is 6.55. The lowest BCUT2D eigenvalue weighted by atomic mass is 10.0. The summed E-state index contributed by atoms with van der Waals surface area (Å²) in [5.41, 5.74) is 0.632. The summed E-state index contributed by atoms with van der Waals surface area (Å²) in [6.45, 7) is 3.85. The predicted octanol–water partition coefficient (Wildman–Crippen LogP) is 1.18. The Bertz CT molecular complexity index is 1100. The van der Waals surface area contributed by atoms with Gasteiger partial charge in [-0.3, -0.25) is 14.3 Å². The summed E-state index contributed by atoms with van der Waals surface area (Å²) in [7, 11) is 0. The number of carboxylic acid groups (broad SMARTS) is 1. The first kappa shape index (κ1) is 19.9. The molecule has 2 aromatic rings. The van der Waals surface area contributed by atoms with Crippen molar-refractivity contribution in [3.8, 4) is 0 Å². The van der Waals surface area contributed by atoms with Crippen LogP contribution in [0.5, 0.6) is 0 Å². The third kappa shape index (κ3) is 4.21. The van der Waals surface area contributed by atoms with Gasteiger partial charge < -0.3 is 20.5 Å². The molecule has 0 spiro atoms. The van der Waals surface area contributed by atoms with E-state index in [1.54, 1.807) is 31.2 Å². The molecule has 0 aliphatic carbocycles. The lowest BCUT2D eigenvalue weighted by molar-refractivity contribution is -0.138. The number of rotatable bonds is 5. The zero-order valence-corrected chi connectivity index (χ0v) is 15.8. The molecular formula is C19H20N4O6. The summed E-state index contributed by atoms with van der Waals surface area (Å²) < 4.78 is 6.66. The molecule has 0 radical (unpaired) electrons. The topological polar surface area (TPSA) is 143 Å². The summed E-state index contributed by atoms with van der Waals surface area (Å²) in [6.07, 6.45) is 0.428. The van der Waals surface area contributed by atoms with Gasteiger partial charge in [0.1, 0.15) is 6.10 Å². The monoisotopic (exact) mass is 400 g/mol. The van der Waals surface area contributed by atoms with Crippen LogP contribution in [-0.4, -0.2) is 33.2 Å². The quantitative estimate of drug-likeness (QED) is 0.594. The Morgan fingerprint density at radius 3 is 2.55 bits per heavy atom. The van der Waals surface area contributed by atoms with Gasteiger partial charge in [0.2, 0.25) is 5.76 Å². The molecule has 0 saturated heterocycles. The van der Waals surface area contributed by atoms with Gasteiger partial charge in [0, 0.05) is 24.2 Å². The zero-order valence-electron chi connectivity index (χ0n) is 15.8. The molecule has 1 aromatic carbocycles. The molecule has 3 rings (SSSR count). The lowest BCUT2D eigenvalue weighted by Gasteiger charge is -2.27. The number of hydrogen-bond acceptors (Lipinski definition) is 5. The molecule has 0 saturated carbocycles. The first-order valence-corrected chi connectivity index (χ1v) is 8.91. The highest BCUT2D eigenvalue weighted by Gasteiger charge is 2.30. The third-order valence-corrected chi connectivity index (χ3v) is 4.43. The smallest absolute Gasteiger partial charge is 0.372 e. The van der Waals surface area contributed by atoms with E-state index in [4.69, 9.17) is 4.74 Å². The Morgan fingerprint density at radius 2 is 1.93 bits per heavy atom. The standard InChI is InChI=1S/C19H20N4O6/c1-3-20-18(27)21-12-6-4-11(5-7-12)8-13-15-10(2)16(24)22-19(28)23(15)9-14(29-13)17(25)26/h4-7,9,13H,3,8H2,1-2H3,(H,25,26)(H2,20,21,27)(H,22,24,28). The Hall–Kier alpha value is -3.82. The Balaban J connectivity index is 1.91. The SMILES string of the molecule is CCNC(=O)Nc1ccc(CC2OC(C(=O)O)=Cn3c2c(C)c(=O)[nH]c3=O)cc1. The molecule has 1 aliphatic heterocycles. The molecular weight excluding hydrogens is 380 g/mol. The third-order valence-electron chi connectivity index (χ3n) is 4.43. The number of anilines is 1. The second-order valence-corrected chi connectivity index (χ2v) is 6.43. The number of hydrogen-bond donors (Lipinski definition) is 4. The van der Waals surface area contributed by atoms with Crippen molar-refractivity contribution in [2.24, 2.45) is 0 Å². The van der Waals surface area contributed by atoms with Crippen LogP contribution in [0.25, 0.3) is 6.20 Å². The van der Waals surface area contributed by atoms with Crippen LogP contribution in [-0.2, 0) is 16.0 Å². The minimum Gasteiger partial charge on any atom is -0.475 e. The Kier molecular flexibility index (Phi) is 5.53. The minimum atomic E-state index is -1.32. The fourth-order valence-corrected chi connectivity index (χ4v) is 3.06. The van der Waals surface area contributed by atoms with Crippen molar-refractivity contribution in [2.75, 3.05) is 11.9 Å². The van der Waals surface area contributed by atoms with Gasteiger partial charge in [-0.1, -0.05) is 12.1 Å². The number of urea groups is 1. The van der Waals surface area contributed by atoms with Crippen molar-refractivity contribution in [3.05, 3.63) is 67.7 Å². The van der Waals surface area contributed by atoms with E-state index in [9.17, 15) is 24.3 Å². The molecule has 29 heavy (non-hydrogen) atoms. The summed E-state index contributed by atoms with van der Waals surface area (Å²) in [5.74, 6) is -1.72. The maximum absolute atomic E-state index is 12.2. The fourth-order valence-electron chi connectivity index (χ4n) is 3.06. The Labute approximate surface area is 164 Å². The molecule has 10 heteroatoms. The molecule has 1 atom stereocenters. The van der Waals surface area contributed by atoms with Crippen LogP contribution >= 0.6 is 0 Å². The van der Waals surface area contributed by atoms with Gasteiger partial charge in [-0.25, -0.2) is 14.4 Å². The van der Waals surface area contributed by atoms with E-state index in [2.05, 4.69) is 15.6 Å². The second-order valence-electron chi connectivity index (χ2n) is 6.43. The van der Waals surface area contributed by atoms with Crippen LogP contribution in [0.3, 0.4) is 0 Å². The molecule has 2 amide bonds. The van der Waals surface area contributed by atoms with Crippen molar-refractivity contribution < 1.29 is 19.4 Å². The molecule has 1 aromatic heterocycles. The van der Waals surface area contributed by atoms with Crippen molar-refractivity contribution in [1.29, 1.82) is 0 Å². The minimum absolute atomic E-state index is 0.218. The number of aliphatic carboxylic acids is 1. The van der Waals surface area contributed by atoms with E-state index in [0.29, 0.717) is 17.9 Å². The van der Waals surface area contributed by atoms with E-state index in [1.165, 1.54) is 0 Å². The number of fused-ring (bicyclic) bond motifs is 1. The van der Waals surface area contributed by atoms with Crippen LogP contribution in [0.15, 0.2) is 39.6 Å². The van der Waals surface area contributed by atoms with Gasteiger partial charge in [0.15, 0.2) is 0 Å². The first-order chi connectivity index (χ1) is 13.8. The van der Waals surface area contributed by atoms with E-state index in [0.717, 1.165) is 16.3 Å². The molecule has 0 fully saturated rings. The largest absolute Gasteiger partial charge is 0.475 e. The number of benzene rings is 1. The van der Waals surface area contributed by atoms with E-state index in [-0.39, 0.29) is 18.0 Å². The summed E-state index contributed by atoms with van der Waals surface area (Å²) in [5, 5.41) is 14.6. The average Bonchev–Trinajstić information content (AvgIpc) is 2.67. The lowest BCUT2D eigenvalue weighted by Crippen LogP contribution is -2.37. The number of nitrogens with one attached hydrogen (secondary N) is 3. The van der Waals surface area contributed by atoms with Crippen LogP contribution in [0.2, 0.25) is 0 Å². The molecule has 4 N–H and O–H groups in total. The average molecular weight is 400 g/mol. The van der Waals surface area contributed by atoms with Crippen molar-refractivity contribution >= 4 is 23.9 Å². The number of carbonyl (C=O) groups excluding carboxylic acids is 1. The number of amides is 2. The molecule has 152 valence electrons.